The molecule has 2 aromatic carbocycles. The van der Waals surface area contributed by atoms with E-state index >= 15 is 0 Å². The molecule has 0 aliphatic carbocycles. The minimum atomic E-state index is 0.626. The molecule has 0 fully saturated rings. The van der Waals surface area contributed by atoms with Crippen molar-refractivity contribution >= 4 is 5.69 Å². The molecule has 118 valence electrons. The Morgan fingerprint density at radius 1 is 1.09 bits per heavy atom. The predicted octanol–water partition coefficient (Wildman–Crippen LogP) is 3.20. The molecule has 23 heavy (non-hydrogen) atoms. The van der Waals surface area contributed by atoms with Gasteiger partial charge in [0.25, 0.3) is 0 Å². The molecule has 3 rings (SSSR count). The molecule has 0 bridgehead atoms. The van der Waals surface area contributed by atoms with E-state index in [2.05, 4.69) is 39.9 Å². The number of anilines is 1. The summed E-state index contributed by atoms with van der Waals surface area (Å²) in [6.45, 7) is 2.13. The molecule has 0 saturated carbocycles. The summed E-state index contributed by atoms with van der Waals surface area (Å²) in [6.07, 6.45) is 1.94. The molecule has 3 aromatic rings. The summed E-state index contributed by atoms with van der Waals surface area (Å²) in [5, 5.41) is 11.8. The second kappa shape index (κ2) is 7.56. The summed E-state index contributed by atoms with van der Waals surface area (Å²) in [5.74, 6) is 0. The number of methoxy groups -OCH3 is 1. The fourth-order valence-electron chi connectivity index (χ4n) is 2.31. The van der Waals surface area contributed by atoms with Crippen molar-refractivity contribution in [3.05, 3.63) is 66.4 Å². The fourth-order valence-corrected chi connectivity index (χ4v) is 2.31. The monoisotopic (exact) mass is 308 g/mol. The van der Waals surface area contributed by atoms with Crippen LogP contribution in [0.1, 0.15) is 5.56 Å². The number of nitrogens with one attached hydrogen (secondary N) is 1. The lowest BCUT2D eigenvalue weighted by Crippen LogP contribution is -2.04. The smallest absolute Gasteiger partial charge is 0.113 e. The number of aromatic nitrogens is 3. The largest absolute Gasteiger partial charge is 0.383 e. The molecule has 1 aromatic heterocycles. The lowest BCUT2D eigenvalue weighted by molar-refractivity contribution is 0.183. The van der Waals surface area contributed by atoms with Gasteiger partial charge >= 0.3 is 0 Å². The van der Waals surface area contributed by atoms with Crippen LogP contribution in [0.3, 0.4) is 0 Å². The third kappa shape index (κ3) is 4.17. The molecule has 0 aliphatic rings. The number of benzene rings is 2. The Bertz CT molecular complexity index is 740. The minimum absolute atomic E-state index is 0.626. The van der Waals surface area contributed by atoms with Gasteiger partial charge in [-0.25, -0.2) is 4.68 Å². The Kier molecular flexibility index (Phi) is 5.01. The van der Waals surface area contributed by atoms with E-state index in [9.17, 15) is 0 Å². The standard InChI is InChI=1S/C18H20N4O/c1-23-11-10-22-14-18(20-21-22)16-8-5-9-17(12-16)19-13-15-6-3-2-4-7-15/h2-9,12,14,19H,10-11,13H2,1H3. The first-order chi connectivity index (χ1) is 11.3. The molecule has 5 nitrogen and oxygen atoms in total. The average Bonchev–Trinajstić information content (AvgIpc) is 3.08. The first-order valence-corrected chi connectivity index (χ1v) is 7.62. The Morgan fingerprint density at radius 3 is 2.78 bits per heavy atom. The van der Waals surface area contributed by atoms with Crippen molar-refractivity contribution in [3.63, 3.8) is 0 Å². The van der Waals surface area contributed by atoms with Crippen LogP contribution in [0.5, 0.6) is 0 Å². The van der Waals surface area contributed by atoms with Crippen LogP contribution in [-0.2, 0) is 17.8 Å². The van der Waals surface area contributed by atoms with Crippen molar-refractivity contribution in [2.45, 2.75) is 13.1 Å². The van der Waals surface area contributed by atoms with Crippen molar-refractivity contribution in [2.24, 2.45) is 0 Å². The van der Waals surface area contributed by atoms with E-state index in [1.54, 1.807) is 11.8 Å². The highest BCUT2D eigenvalue weighted by Crippen LogP contribution is 2.20. The zero-order chi connectivity index (χ0) is 15.9. The average molecular weight is 308 g/mol. The maximum Gasteiger partial charge on any atom is 0.113 e. The summed E-state index contributed by atoms with van der Waals surface area (Å²) in [6, 6.07) is 18.6. The lowest BCUT2D eigenvalue weighted by atomic mass is 10.1. The fraction of sp³-hybridized carbons (Fsp3) is 0.222. The number of rotatable bonds is 7. The molecule has 0 saturated heterocycles. The van der Waals surface area contributed by atoms with Crippen LogP contribution in [0.4, 0.5) is 5.69 Å². The Labute approximate surface area is 135 Å². The van der Waals surface area contributed by atoms with Gasteiger partial charge in [-0.3, -0.25) is 0 Å². The molecule has 0 spiro atoms. The Morgan fingerprint density at radius 2 is 1.96 bits per heavy atom. The highest BCUT2D eigenvalue weighted by Gasteiger charge is 2.05. The van der Waals surface area contributed by atoms with E-state index in [1.807, 2.05) is 36.5 Å². The van der Waals surface area contributed by atoms with Crippen molar-refractivity contribution in [2.75, 3.05) is 19.0 Å². The minimum Gasteiger partial charge on any atom is -0.383 e. The van der Waals surface area contributed by atoms with Crippen LogP contribution in [0.25, 0.3) is 11.3 Å². The van der Waals surface area contributed by atoms with Crippen LogP contribution in [-0.4, -0.2) is 28.7 Å². The van der Waals surface area contributed by atoms with Crippen molar-refractivity contribution in [1.29, 1.82) is 0 Å². The predicted molar refractivity (Wildman–Crippen MR) is 91.1 cm³/mol. The molecule has 0 unspecified atom stereocenters. The van der Waals surface area contributed by atoms with Gasteiger partial charge in [0.2, 0.25) is 0 Å². The molecule has 1 heterocycles. The van der Waals surface area contributed by atoms with Gasteiger partial charge in [0.15, 0.2) is 0 Å². The molecular formula is C18H20N4O. The second-order valence-corrected chi connectivity index (χ2v) is 5.28. The highest BCUT2D eigenvalue weighted by molar-refractivity contribution is 5.64. The van der Waals surface area contributed by atoms with Gasteiger partial charge in [-0.05, 0) is 17.7 Å². The summed E-state index contributed by atoms with van der Waals surface area (Å²) in [4.78, 5) is 0. The lowest BCUT2D eigenvalue weighted by Gasteiger charge is -2.07. The van der Waals surface area contributed by atoms with Gasteiger partial charge in [0, 0.05) is 24.9 Å². The van der Waals surface area contributed by atoms with Gasteiger partial charge < -0.3 is 10.1 Å². The molecule has 0 radical (unpaired) electrons. The SMILES string of the molecule is COCCn1cc(-c2cccc(NCc3ccccc3)c2)nn1. The number of hydrogen-bond donors (Lipinski definition) is 1. The van der Waals surface area contributed by atoms with E-state index < -0.39 is 0 Å². The van der Waals surface area contributed by atoms with Crippen molar-refractivity contribution in [1.82, 2.24) is 15.0 Å². The molecule has 0 aliphatic heterocycles. The molecule has 0 amide bonds. The van der Waals surface area contributed by atoms with E-state index in [4.69, 9.17) is 4.74 Å². The highest BCUT2D eigenvalue weighted by atomic mass is 16.5. The maximum atomic E-state index is 5.06. The third-order valence-corrected chi connectivity index (χ3v) is 3.56. The maximum absolute atomic E-state index is 5.06. The summed E-state index contributed by atoms with van der Waals surface area (Å²) in [7, 11) is 1.68. The van der Waals surface area contributed by atoms with E-state index in [0.717, 1.165) is 23.5 Å². The molecular weight excluding hydrogens is 288 g/mol. The second-order valence-electron chi connectivity index (χ2n) is 5.28. The molecule has 1 N–H and O–H groups in total. The zero-order valence-electron chi connectivity index (χ0n) is 13.1. The number of ether oxygens (including phenoxy) is 1. The Balaban J connectivity index is 1.68. The topological polar surface area (TPSA) is 52.0 Å². The van der Waals surface area contributed by atoms with Crippen LogP contribution >= 0.6 is 0 Å². The first kappa shape index (κ1) is 15.2. The summed E-state index contributed by atoms with van der Waals surface area (Å²) < 4.78 is 6.85. The quantitative estimate of drug-likeness (QED) is 0.728. The van der Waals surface area contributed by atoms with Crippen molar-refractivity contribution < 1.29 is 4.74 Å². The number of hydrogen-bond acceptors (Lipinski definition) is 4. The van der Waals surface area contributed by atoms with Crippen LogP contribution < -0.4 is 5.32 Å². The van der Waals surface area contributed by atoms with Gasteiger partial charge in [-0.15, -0.1) is 5.10 Å². The van der Waals surface area contributed by atoms with E-state index in [0.29, 0.717) is 13.2 Å². The van der Waals surface area contributed by atoms with E-state index in [-0.39, 0.29) is 0 Å². The third-order valence-electron chi connectivity index (χ3n) is 3.56. The van der Waals surface area contributed by atoms with Crippen LogP contribution in [0.2, 0.25) is 0 Å². The first-order valence-electron chi connectivity index (χ1n) is 7.62. The summed E-state index contributed by atoms with van der Waals surface area (Å²) >= 11 is 0. The van der Waals surface area contributed by atoms with Crippen LogP contribution in [0.15, 0.2) is 60.8 Å². The molecule has 0 atom stereocenters. The summed E-state index contributed by atoms with van der Waals surface area (Å²) in [5.41, 5.74) is 4.23. The van der Waals surface area contributed by atoms with Gasteiger partial charge in [0.05, 0.1) is 19.3 Å². The van der Waals surface area contributed by atoms with E-state index in [1.165, 1.54) is 5.56 Å². The van der Waals surface area contributed by atoms with Gasteiger partial charge in [0.1, 0.15) is 5.69 Å². The van der Waals surface area contributed by atoms with Gasteiger partial charge in [-0.2, -0.15) is 0 Å². The van der Waals surface area contributed by atoms with Gasteiger partial charge in [-0.1, -0.05) is 47.7 Å². The van der Waals surface area contributed by atoms with Crippen LogP contribution in [0, 0.1) is 0 Å². The normalized spacial score (nSPS) is 10.7. The number of nitrogens with zero attached hydrogens (tertiary/aromatic N) is 3. The zero-order valence-corrected chi connectivity index (χ0v) is 13.1. The Hall–Kier alpha value is -2.66. The molecule has 5 heteroatoms. The van der Waals surface area contributed by atoms with Crippen molar-refractivity contribution in [3.8, 4) is 11.3 Å².